The highest BCUT2D eigenvalue weighted by Crippen LogP contribution is 2.19. The summed E-state index contributed by atoms with van der Waals surface area (Å²) in [7, 11) is 1.85. The van der Waals surface area contributed by atoms with Crippen LogP contribution in [0.5, 0.6) is 5.88 Å². The number of aromatic nitrogens is 4. The second-order valence-electron chi connectivity index (χ2n) is 4.50. The van der Waals surface area contributed by atoms with Crippen LogP contribution in [0.3, 0.4) is 0 Å². The van der Waals surface area contributed by atoms with Crippen molar-refractivity contribution in [2.45, 2.75) is 26.3 Å². The first-order valence-electron chi connectivity index (χ1n) is 6.17. The van der Waals surface area contributed by atoms with Crippen molar-refractivity contribution in [1.82, 2.24) is 25.1 Å². The molecular weight excluding hydrogens is 230 g/mol. The minimum Gasteiger partial charge on any atom is -0.477 e. The molecular formula is C12H19N5O. The van der Waals surface area contributed by atoms with Crippen molar-refractivity contribution in [3.8, 4) is 5.88 Å². The lowest BCUT2D eigenvalue weighted by molar-refractivity contribution is 0.298. The van der Waals surface area contributed by atoms with E-state index in [1.807, 2.05) is 7.05 Å². The summed E-state index contributed by atoms with van der Waals surface area (Å²) in [5.74, 6) is 0.609. The number of aryl methyl sites for hydroxylation is 1. The van der Waals surface area contributed by atoms with Gasteiger partial charge in [-0.05, 0) is 13.0 Å². The first-order chi connectivity index (χ1) is 8.68. The van der Waals surface area contributed by atoms with Gasteiger partial charge in [0.05, 0.1) is 12.8 Å². The molecule has 98 valence electrons. The van der Waals surface area contributed by atoms with Crippen LogP contribution in [0.15, 0.2) is 12.5 Å². The molecule has 0 saturated carbocycles. The number of rotatable bonds is 6. The zero-order chi connectivity index (χ0) is 13.0. The van der Waals surface area contributed by atoms with Crippen molar-refractivity contribution in [2.24, 2.45) is 7.05 Å². The minimum atomic E-state index is 0.508. The fourth-order valence-electron chi connectivity index (χ4n) is 1.69. The van der Waals surface area contributed by atoms with Crippen molar-refractivity contribution in [3.05, 3.63) is 12.5 Å². The lowest BCUT2D eigenvalue weighted by atomic mass is 10.3. The molecule has 2 aromatic rings. The average molecular weight is 249 g/mol. The quantitative estimate of drug-likeness (QED) is 0.777. The van der Waals surface area contributed by atoms with Crippen molar-refractivity contribution in [3.63, 3.8) is 0 Å². The Labute approximate surface area is 106 Å². The van der Waals surface area contributed by atoms with Crippen LogP contribution in [-0.2, 0) is 7.05 Å². The molecule has 0 atom stereocenters. The van der Waals surface area contributed by atoms with Crippen LogP contribution in [0, 0.1) is 0 Å². The number of ether oxygens (including phenoxy) is 1. The fourth-order valence-corrected chi connectivity index (χ4v) is 1.69. The van der Waals surface area contributed by atoms with Crippen LogP contribution in [-0.4, -0.2) is 38.9 Å². The van der Waals surface area contributed by atoms with Crippen molar-refractivity contribution < 1.29 is 4.74 Å². The summed E-state index contributed by atoms with van der Waals surface area (Å²) in [5.41, 5.74) is 0.792. The second kappa shape index (κ2) is 5.77. The number of fused-ring (bicyclic) bond motifs is 1. The third kappa shape index (κ3) is 2.95. The Morgan fingerprint density at radius 3 is 3.00 bits per heavy atom. The lowest BCUT2D eigenvalue weighted by Gasteiger charge is -2.08. The molecule has 0 saturated heterocycles. The van der Waals surface area contributed by atoms with Gasteiger partial charge in [-0.25, -0.2) is 9.97 Å². The largest absolute Gasteiger partial charge is 0.477 e. The highest BCUT2D eigenvalue weighted by molar-refractivity contribution is 5.79. The maximum atomic E-state index is 5.67. The summed E-state index contributed by atoms with van der Waals surface area (Å²) in [6, 6.07) is 0.508. The summed E-state index contributed by atoms with van der Waals surface area (Å²) in [6.45, 7) is 5.84. The van der Waals surface area contributed by atoms with E-state index in [0.29, 0.717) is 18.5 Å². The van der Waals surface area contributed by atoms with E-state index in [1.54, 1.807) is 10.9 Å². The highest BCUT2D eigenvalue weighted by atomic mass is 16.5. The third-order valence-corrected chi connectivity index (χ3v) is 2.61. The molecule has 0 fully saturated rings. The molecule has 0 spiro atoms. The molecule has 0 aliphatic rings. The number of nitrogens with zero attached hydrogens (tertiary/aromatic N) is 4. The van der Waals surface area contributed by atoms with Gasteiger partial charge in [-0.2, -0.15) is 5.10 Å². The molecule has 0 radical (unpaired) electrons. The van der Waals surface area contributed by atoms with Crippen molar-refractivity contribution in [1.29, 1.82) is 0 Å². The monoisotopic (exact) mass is 249 g/mol. The average Bonchev–Trinajstić information content (AvgIpc) is 2.71. The molecule has 0 aliphatic heterocycles. The normalized spacial score (nSPS) is 11.3. The fraction of sp³-hybridized carbons (Fsp3) is 0.583. The van der Waals surface area contributed by atoms with Crippen LogP contribution in [0.2, 0.25) is 0 Å². The maximum Gasteiger partial charge on any atom is 0.227 e. The number of hydrogen-bond donors (Lipinski definition) is 1. The predicted molar refractivity (Wildman–Crippen MR) is 69.6 cm³/mol. The van der Waals surface area contributed by atoms with E-state index in [9.17, 15) is 0 Å². The SMILES string of the molecule is CC(C)NCCCOc1ncnc2c1cnn2C. The molecule has 0 aromatic carbocycles. The smallest absolute Gasteiger partial charge is 0.227 e. The van der Waals surface area contributed by atoms with Crippen LogP contribution in [0.4, 0.5) is 0 Å². The summed E-state index contributed by atoms with van der Waals surface area (Å²) >= 11 is 0. The van der Waals surface area contributed by atoms with Gasteiger partial charge < -0.3 is 10.1 Å². The number of hydrogen-bond acceptors (Lipinski definition) is 5. The molecule has 2 aromatic heterocycles. The first-order valence-corrected chi connectivity index (χ1v) is 6.17. The van der Waals surface area contributed by atoms with Crippen molar-refractivity contribution >= 4 is 11.0 Å². The minimum absolute atomic E-state index is 0.508. The summed E-state index contributed by atoms with van der Waals surface area (Å²) in [4.78, 5) is 8.31. The van der Waals surface area contributed by atoms with Gasteiger partial charge in [-0.1, -0.05) is 13.8 Å². The van der Waals surface area contributed by atoms with E-state index in [2.05, 4.69) is 34.2 Å². The van der Waals surface area contributed by atoms with Gasteiger partial charge in [0, 0.05) is 13.1 Å². The zero-order valence-corrected chi connectivity index (χ0v) is 11.1. The molecule has 0 aliphatic carbocycles. The second-order valence-corrected chi connectivity index (χ2v) is 4.50. The van der Waals surface area contributed by atoms with Crippen LogP contribution >= 0.6 is 0 Å². The van der Waals surface area contributed by atoms with E-state index in [1.165, 1.54) is 6.33 Å². The highest BCUT2D eigenvalue weighted by Gasteiger charge is 2.08. The van der Waals surface area contributed by atoms with Gasteiger partial charge in [0.2, 0.25) is 5.88 Å². The van der Waals surface area contributed by atoms with Crippen molar-refractivity contribution in [2.75, 3.05) is 13.2 Å². The van der Waals surface area contributed by atoms with E-state index in [0.717, 1.165) is 24.0 Å². The Kier molecular flexibility index (Phi) is 4.09. The molecule has 2 heterocycles. The van der Waals surface area contributed by atoms with Gasteiger partial charge in [0.25, 0.3) is 0 Å². The zero-order valence-electron chi connectivity index (χ0n) is 11.1. The Morgan fingerprint density at radius 1 is 1.39 bits per heavy atom. The molecule has 0 bridgehead atoms. The van der Waals surface area contributed by atoms with Gasteiger partial charge in [0.15, 0.2) is 5.65 Å². The lowest BCUT2D eigenvalue weighted by Crippen LogP contribution is -2.24. The van der Waals surface area contributed by atoms with Crippen LogP contribution in [0.1, 0.15) is 20.3 Å². The summed E-state index contributed by atoms with van der Waals surface area (Å²) < 4.78 is 7.38. The van der Waals surface area contributed by atoms with Gasteiger partial charge in [0.1, 0.15) is 11.7 Å². The van der Waals surface area contributed by atoms with Gasteiger partial charge in [-0.3, -0.25) is 4.68 Å². The maximum absolute atomic E-state index is 5.67. The Morgan fingerprint density at radius 2 is 2.22 bits per heavy atom. The molecule has 6 heteroatoms. The molecule has 1 N–H and O–H groups in total. The predicted octanol–water partition coefficient (Wildman–Crippen LogP) is 1.13. The third-order valence-electron chi connectivity index (χ3n) is 2.61. The van der Waals surface area contributed by atoms with E-state index in [-0.39, 0.29) is 0 Å². The summed E-state index contributed by atoms with van der Waals surface area (Å²) in [5, 5.41) is 8.35. The van der Waals surface area contributed by atoms with Gasteiger partial charge in [-0.15, -0.1) is 0 Å². The van der Waals surface area contributed by atoms with Crippen LogP contribution in [0.25, 0.3) is 11.0 Å². The standard InChI is InChI=1S/C12H19N5O/c1-9(2)13-5-4-6-18-12-10-7-16-17(3)11(10)14-8-15-12/h7-9,13H,4-6H2,1-3H3. The first kappa shape index (κ1) is 12.8. The van der Waals surface area contributed by atoms with Crippen LogP contribution < -0.4 is 10.1 Å². The molecule has 0 unspecified atom stereocenters. The molecule has 6 nitrogen and oxygen atoms in total. The molecule has 18 heavy (non-hydrogen) atoms. The molecule has 0 amide bonds. The Hall–Kier alpha value is -1.69. The van der Waals surface area contributed by atoms with E-state index >= 15 is 0 Å². The Bertz CT molecular complexity index is 508. The van der Waals surface area contributed by atoms with E-state index < -0.39 is 0 Å². The van der Waals surface area contributed by atoms with Gasteiger partial charge >= 0.3 is 0 Å². The molecule has 2 rings (SSSR count). The van der Waals surface area contributed by atoms with E-state index in [4.69, 9.17) is 4.74 Å². The summed E-state index contributed by atoms with van der Waals surface area (Å²) in [6.07, 6.45) is 4.19. The number of nitrogens with one attached hydrogen (secondary N) is 1. The topological polar surface area (TPSA) is 64.9 Å². The Balaban J connectivity index is 1.92.